The fraction of sp³-hybridized carbons (Fsp3) is 0.350. The van der Waals surface area contributed by atoms with Gasteiger partial charge in [-0.05, 0) is 67.3 Å². The number of hydrogen-bond donors (Lipinski definition) is 1. The number of aryl methyl sites for hydroxylation is 3. The molecular weight excluding hydrogens is 310 g/mol. The smallest absolute Gasteiger partial charge is 0.181 e. The Morgan fingerprint density at radius 2 is 1.60 bits per heavy atom. The molecule has 0 spiro atoms. The molecule has 0 radical (unpaired) electrons. The quantitative estimate of drug-likeness (QED) is 0.754. The number of aromatic nitrogens is 4. The first kappa shape index (κ1) is 17.1. The first-order valence-electron chi connectivity index (χ1n) is 8.65. The van der Waals surface area contributed by atoms with Gasteiger partial charge in [0.2, 0.25) is 0 Å². The third kappa shape index (κ3) is 3.14. The Labute approximate surface area is 149 Å². The molecule has 0 aliphatic rings. The number of benzene rings is 2. The van der Waals surface area contributed by atoms with Gasteiger partial charge in [0.15, 0.2) is 5.82 Å². The van der Waals surface area contributed by atoms with E-state index < -0.39 is 0 Å². The van der Waals surface area contributed by atoms with E-state index in [1.54, 1.807) is 0 Å². The van der Waals surface area contributed by atoms with E-state index in [0.29, 0.717) is 0 Å². The zero-order chi connectivity index (χ0) is 18.0. The second-order valence-corrected chi connectivity index (χ2v) is 6.78. The summed E-state index contributed by atoms with van der Waals surface area (Å²) in [6, 6.07) is 14.5. The predicted molar refractivity (Wildman–Crippen MR) is 101 cm³/mol. The van der Waals surface area contributed by atoms with Crippen molar-refractivity contribution in [2.75, 3.05) is 5.32 Å². The summed E-state index contributed by atoms with van der Waals surface area (Å²) in [6.45, 7) is 10.6. The highest BCUT2D eigenvalue weighted by Crippen LogP contribution is 2.31. The molecule has 5 heteroatoms. The summed E-state index contributed by atoms with van der Waals surface area (Å²) in [5.41, 5.74) is 5.28. The van der Waals surface area contributed by atoms with Crippen LogP contribution in [0.1, 0.15) is 42.8 Å². The highest BCUT2D eigenvalue weighted by molar-refractivity contribution is 5.53. The third-order valence-electron chi connectivity index (χ3n) is 4.88. The molecule has 0 fully saturated rings. The van der Waals surface area contributed by atoms with Gasteiger partial charge >= 0.3 is 0 Å². The maximum atomic E-state index is 4.38. The summed E-state index contributed by atoms with van der Waals surface area (Å²) < 4.78 is 1.87. The number of nitrogens with one attached hydrogen (secondary N) is 1. The Kier molecular flexibility index (Phi) is 4.57. The number of anilines is 1. The molecular formula is C20H25N5. The molecule has 1 atom stereocenters. The minimum Gasteiger partial charge on any atom is -0.373 e. The van der Waals surface area contributed by atoms with Crippen molar-refractivity contribution in [1.82, 2.24) is 20.2 Å². The van der Waals surface area contributed by atoms with Gasteiger partial charge in [0.25, 0.3) is 0 Å². The van der Waals surface area contributed by atoms with Crippen molar-refractivity contribution in [1.29, 1.82) is 0 Å². The monoisotopic (exact) mass is 335 g/mol. The summed E-state index contributed by atoms with van der Waals surface area (Å²) in [5, 5.41) is 16.3. The number of hydrogen-bond acceptors (Lipinski definition) is 4. The number of rotatable bonds is 5. The topological polar surface area (TPSA) is 55.6 Å². The molecule has 0 aliphatic carbocycles. The van der Waals surface area contributed by atoms with Gasteiger partial charge in [-0.3, -0.25) is 0 Å². The maximum absolute atomic E-state index is 4.38. The number of para-hydroxylation sites is 2. The summed E-state index contributed by atoms with van der Waals surface area (Å²) >= 11 is 0. The summed E-state index contributed by atoms with van der Waals surface area (Å²) in [4.78, 5) is 0. The van der Waals surface area contributed by atoms with E-state index >= 15 is 0 Å². The van der Waals surface area contributed by atoms with E-state index in [0.717, 1.165) is 34.7 Å². The Morgan fingerprint density at radius 1 is 0.960 bits per heavy atom. The first-order valence-corrected chi connectivity index (χ1v) is 8.65. The van der Waals surface area contributed by atoms with Crippen LogP contribution in [0.25, 0.3) is 5.69 Å². The van der Waals surface area contributed by atoms with Crippen molar-refractivity contribution in [2.24, 2.45) is 0 Å². The van der Waals surface area contributed by atoms with E-state index in [1.165, 1.54) is 5.56 Å². The molecule has 1 N–H and O–H groups in total. The Hall–Kier alpha value is -2.69. The van der Waals surface area contributed by atoms with Crippen LogP contribution in [0.3, 0.4) is 0 Å². The van der Waals surface area contributed by atoms with Gasteiger partial charge in [-0.25, -0.2) is 0 Å². The lowest BCUT2D eigenvalue weighted by Gasteiger charge is -2.30. The summed E-state index contributed by atoms with van der Waals surface area (Å²) in [7, 11) is 0. The highest BCUT2D eigenvalue weighted by atomic mass is 15.6. The van der Waals surface area contributed by atoms with Crippen LogP contribution in [0.5, 0.6) is 0 Å². The SMILES string of the molecule is CCC(C)(Nc1ccccc1C)c1nnnn1-c1c(C)cccc1C. The van der Waals surface area contributed by atoms with E-state index in [9.17, 15) is 0 Å². The van der Waals surface area contributed by atoms with Gasteiger partial charge in [0.1, 0.15) is 0 Å². The van der Waals surface area contributed by atoms with Crippen molar-refractivity contribution in [3.05, 3.63) is 65.0 Å². The molecule has 0 saturated carbocycles. The first-order chi connectivity index (χ1) is 12.0. The van der Waals surface area contributed by atoms with Crippen molar-refractivity contribution in [2.45, 2.75) is 46.6 Å². The van der Waals surface area contributed by atoms with Crippen LogP contribution < -0.4 is 5.32 Å². The maximum Gasteiger partial charge on any atom is 0.181 e. The second kappa shape index (κ2) is 6.67. The summed E-state index contributed by atoms with van der Waals surface area (Å²) in [5.74, 6) is 0.815. The van der Waals surface area contributed by atoms with Crippen molar-refractivity contribution in [3.8, 4) is 5.69 Å². The molecule has 0 aliphatic heterocycles. The number of nitrogens with zero attached hydrogens (tertiary/aromatic N) is 4. The van der Waals surface area contributed by atoms with Crippen LogP contribution in [-0.4, -0.2) is 20.2 Å². The normalized spacial score (nSPS) is 13.5. The van der Waals surface area contributed by atoms with Crippen molar-refractivity contribution >= 4 is 5.69 Å². The average molecular weight is 335 g/mol. The van der Waals surface area contributed by atoms with Gasteiger partial charge in [-0.1, -0.05) is 43.3 Å². The van der Waals surface area contributed by atoms with Crippen LogP contribution in [0.15, 0.2) is 42.5 Å². The van der Waals surface area contributed by atoms with Crippen molar-refractivity contribution < 1.29 is 0 Å². The van der Waals surface area contributed by atoms with Crippen LogP contribution in [0.2, 0.25) is 0 Å². The highest BCUT2D eigenvalue weighted by Gasteiger charge is 2.32. The van der Waals surface area contributed by atoms with Crippen LogP contribution >= 0.6 is 0 Å². The Balaban J connectivity index is 2.09. The molecule has 1 aromatic heterocycles. The predicted octanol–water partition coefficient (Wildman–Crippen LogP) is 4.32. The van der Waals surface area contributed by atoms with E-state index in [-0.39, 0.29) is 5.54 Å². The lowest BCUT2D eigenvalue weighted by atomic mass is 9.96. The third-order valence-corrected chi connectivity index (χ3v) is 4.88. The minimum absolute atomic E-state index is 0.385. The molecule has 1 unspecified atom stereocenters. The molecule has 3 aromatic rings. The Bertz CT molecular complexity index is 863. The molecule has 0 saturated heterocycles. The fourth-order valence-electron chi connectivity index (χ4n) is 3.13. The standard InChI is InChI=1S/C20H25N5/c1-6-20(5,21-17-13-8-7-10-14(17)2)19-22-23-24-25(19)18-15(3)11-9-12-16(18)4/h7-13,21H,6H2,1-5H3. The van der Waals surface area contributed by atoms with Crippen molar-refractivity contribution in [3.63, 3.8) is 0 Å². The van der Waals surface area contributed by atoms with Gasteiger partial charge in [0, 0.05) is 5.69 Å². The Morgan fingerprint density at radius 3 is 2.24 bits per heavy atom. The molecule has 3 rings (SSSR count). The van der Waals surface area contributed by atoms with E-state index in [2.05, 4.69) is 85.8 Å². The molecule has 25 heavy (non-hydrogen) atoms. The largest absolute Gasteiger partial charge is 0.373 e. The van der Waals surface area contributed by atoms with Gasteiger partial charge < -0.3 is 5.32 Å². The van der Waals surface area contributed by atoms with E-state index in [4.69, 9.17) is 0 Å². The molecule has 2 aromatic carbocycles. The lowest BCUT2D eigenvalue weighted by Crippen LogP contribution is -2.35. The molecule has 0 bridgehead atoms. The summed E-state index contributed by atoms with van der Waals surface area (Å²) in [6.07, 6.45) is 0.854. The molecule has 1 heterocycles. The lowest BCUT2D eigenvalue weighted by molar-refractivity contribution is 0.474. The van der Waals surface area contributed by atoms with Crippen LogP contribution in [0, 0.1) is 20.8 Å². The van der Waals surface area contributed by atoms with Gasteiger partial charge in [0.05, 0.1) is 11.2 Å². The van der Waals surface area contributed by atoms with Gasteiger partial charge in [-0.15, -0.1) is 5.10 Å². The van der Waals surface area contributed by atoms with Gasteiger partial charge in [-0.2, -0.15) is 4.68 Å². The zero-order valence-electron chi connectivity index (χ0n) is 15.5. The zero-order valence-corrected chi connectivity index (χ0v) is 15.5. The van der Waals surface area contributed by atoms with E-state index in [1.807, 2.05) is 16.8 Å². The fourth-order valence-corrected chi connectivity index (χ4v) is 3.13. The van der Waals surface area contributed by atoms with Crippen LogP contribution in [0.4, 0.5) is 5.69 Å². The molecule has 0 amide bonds. The number of tetrazole rings is 1. The van der Waals surface area contributed by atoms with Crippen LogP contribution in [-0.2, 0) is 5.54 Å². The average Bonchev–Trinajstić information content (AvgIpc) is 3.07. The molecule has 130 valence electrons. The second-order valence-electron chi connectivity index (χ2n) is 6.78. The molecule has 5 nitrogen and oxygen atoms in total. The minimum atomic E-state index is -0.385.